The van der Waals surface area contributed by atoms with E-state index < -0.39 is 10.0 Å². The zero-order chi connectivity index (χ0) is 22.3. The molecule has 2 heterocycles. The Bertz CT molecular complexity index is 1280. The van der Waals surface area contributed by atoms with Crippen LogP contribution in [0.3, 0.4) is 0 Å². The quantitative estimate of drug-likeness (QED) is 0.619. The molecule has 0 unspecified atom stereocenters. The molecule has 166 valence electrons. The Kier molecular flexibility index (Phi) is 5.35. The average Bonchev–Trinajstić information content (AvgIpc) is 3.32. The zero-order valence-electron chi connectivity index (χ0n) is 18.0. The molecule has 0 fully saturated rings. The summed E-state index contributed by atoms with van der Waals surface area (Å²) in [6, 6.07) is 14.9. The first-order chi connectivity index (χ1) is 15.5. The number of rotatable bonds is 4. The van der Waals surface area contributed by atoms with E-state index in [1.54, 1.807) is 23.1 Å². The van der Waals surface area contributed by atoms with Crippen LogP contribution in [0.15, 0.2) is 53.4 Å². The molecular formula is C24H26N4O3S. The highest BCUT2D eigenvalue weighted by molar-refractivity contribution is 7.89. The Morgan fingerprint density at radius 3 is 2.56 bits per heavy atom. The van der Waals surface area contributed by atoms with Crippen LogP contribution in [0.4, 0.5) is 5.69 Å². The third kappa shape index (κ3) is 3.53. The monoisotopic (exact) mass is 450 g/mol. The number of nitrogens with zero attached hydrogens (tertiary/aromatic N) is 3. The second-order valence-corrected chi connectivity index (χ2v) is 10.2. The molecule has 0 atom stereocenters. The summed E-state index contributed by atoms with van der Waals surface area (Å²) in [5.74, 6) is -0.110. The first-order valence-corrected chi connectivity index (χ1v) is 12.5. The van der Waals surface area contributed by atoms with E-state index in [1.807, 2.05) is 35.0 Å². The Labute approximate surface area is 188 Å². The number of sulfonamides is 1. The van der Waals surface area contributed by atoms with Crippen molar-refractivity contribution >= 4 is 21.6 Å². The molecule has 1 amide bonds. The van der Waals surface area contributed by atoms with Crippen molar-refractivity contribution in [1.82, 2.24) is 14.5 Å². The smallest absolute Gasteiger partial charge is 0.279 e. The van der Waals surface area contributed by atoms with Crippen LogP contribution in [-0.2, 0) is 29.3 Å². The molecule has 8 heteroatoms. The maximum Gasteiger partial charge on any atom is 0.279 e. The van der Waals surface area contributed by atoms with E-state index in [-0.39, 0.29) is 10.8 Å². The van der Waals surface area contributed by atoms with Gasteiger partial charge in [0.2, 0.25) is 10.0 Å². The molecule has 1 aromatic heterocycles. The molecule has 32 heavy (non-hydrogen) atoms. The van der Waals surface area contributed by atoms with Crippen molar-refractivity contribution in [2.45, 2.75) is 43.4 Å². The summed E-state index contributed by atoms with van der Waals surface area (Å²) >= 11 is 0. The van der Waals surface area contributed by atoms with Gasteiger partial charge in [-0.05, 0) is 75.0 Å². The van der Waals surface area contributed by atoms with Gasteiger partial charge in [-0.2, -0.15) is 5.10 Å². The highest BCUT2D eigenvalue weighted by Crippen LogP contribution is 2.33. The number of carbonyl (C=O) groups excluding carboxylic acids is 1. The number of carbonyl (C=O) groups is 1. The molecule has 2 aromatic carbocycles. The van der Waals surface area contributed by atoms with Crippen LogP contribution in [0.25, 0.3) is 5.69 Å². The number of fused-ring (bicyclic) bond motifs is 2. The largest absolute Gasteiger partial charge is 0.306 e. The fraction of sp³-hybridized carbons (Fsp3) is 0.333. The highest BCUT2D eigenvalue weighted by atomic mass is 32.2. The van der Waals surface area contributed by atoms with Crippen molar-refractivity contribution in [1.29, 1.82) is 0 Å². The van der Waals surface area contributed by atoms with Crippen molar-refractivity contribution in [3.05, 3.63) is 71.0 Å². The number of anilines is 1. The summed E-state index contributed by atoms with van der Waals surface area (Å²) in [5.41, 5.74) is 5.30. The van der Waals surface area contributed by atoms with Crippen LogP contribution in [0.2, 0.25) is 0 Å². The SMILES string of the molecule is CNS(=O)(=O)c1ccc2c(c1)CCN2C(=O)c1nn(-c2ccccc2)c2c1CCCCC2. The van der Waals surface area contributed by atoms with Gasteiger partial charge in [0.05, 0.1) is 10.6 Å². The Hall–Kier alpha value is -2.97. The molecule has 0 bridgehead atoms. The van der Waals surface area contributed by atoms with Crippen LogP contribution in [0, 0.1) is 0 Å². The second kappa shape index (κ2) is 8.18. The lowest BCUT2D eigenvalue weighted by molar-refractivity contribution is 0.0983. The molecule has 0 saturated heterocycles. The van der Waals surface area contributed by atoms with Crippen molar-refractivity contribution in [2.75, 3.05) is 18.5 Å². The van der Waals surface area contributed by atoms with Crippen LogP contribution in [0.1, 0.15) is 46.6 Å². The topological polar surface area (TPSA) is 84.3 Å². The summed E-state index contributed by atoms with van der Waals surface area (Å²) in [7, 11) is -2.13. The van der Waals surface area contributed by atoms with E-state index >= 15 is 0 Å². The van der Waals surface area contributed by atoms with Crippen molar-refractivity contribution in [2.24, 2.45) is 0 Å². The van der Waals surface area contributed by atoms with E-state index in [0.29, 0.717) is 18.7 Å². The summed E-state index contributed by atoms with van der Waals surface area (Å²) in [6.45, 7) is 0.518. The molecule has 0 saturated carbocycles. The maximum absolute atomic E-state index is 13.7. The number of para-hydroxylation sites is 1. The van der Waals surface area contributed by atoms with Gasteiger partial charge in [-0.3, -0.25) is 4.79 Å². The standard InChI is InChI=1S/C24H26N4O3S/c1-25-32(30,31)19-12-13-21-17(16-19)14-15-27(21)24(29)23-20-10-6-3-7-11-22(20)28(26-23)18-8-4-2-5-9-18/h2,4-5,8-9,12-13,16,25H,3,6-7,10-11,14-15H2,1H3. The normalized spacial score (nSPS) is 15.8. The Balaban J connectivity index is 1.55. The average molecular weight is 451 g/mol. The molecule has 1 aliphatic heterocycles. The van der Waals surface area contributed by atoms with Gasteiger partial charge < -0.3 is 4.90 Å². The van der Waals surface area contributed by atoms with Gasteiger partial charge in [0.15, 0.2) is 5.69 Å². The zero-order valence-corrected chi connectivity index (χ0v) is 18.9. The number of aromatic nitrogens is 2. The fourth-order valence-electron chi connectivity index (χ4n) is 4.73. The summed E-state index contributed by atoms with van der Waals surface area (Å²) in [6.07, 6.45) is 5.67. The van der Waals surface area contributed by atoms with Gasteiger partial charge in [-0.15, -0.1) is 0 Å². The molecule has 5 rings (SSSR count). The van der Waals surface area contributed by atoms with E-state index in [4.69, 9.17) is 5.10 Å². The van der Waals surface area contributed by atoms with Gasteiger partial charge >= 0.3 is 0 Å². The Morgan fingerprint density at radius 2 is 1.78 bits per heavy atom. The lowest BCUT2D eigenvalue weighted by atomic mass is 10.1. The van der Waals surface area contributed by atoms with Crippen LogP contribution in [-0.4, -0.2) is 37.7 Å². The minimum atomic E-state index is -3.52. The molecule has 0 spiro atoms. The van der Waals surface area contributed by atoms with Crippen LogP contribution in [0.5, 0.6) is 0 Å². The second-order valence-electron chi connectivity index (χ2n) is 8.29. The highest BCUT2D eigenvalue weighted by Gasteiger charge is 2.32. The van der Waals surface area contributed by atoms with Gasteiger partial charge in [-0.25, -0.2) is 17.8 Å². The minimum absolute atomic E-state index is 0.110. The number of nitrogens with one attached hydrogen (secondary N) is 1. The van der Waals surface area contributed by atoms with Gasteiger partial charge in [0.1, 0.15) is 0 Å². The first-order valence-electron chi connectivity index (χ1n) is 11.0. The third-order valence-corrected chi connectivity index (χ3v) is 7.82. The van der Waals surface area contributed by atoms with Crippen molar-refractivity contribution < 1.29 is 13.2 Å². The van der Waals surface area contributed by atoms with E-state index in [2.05, 4.69) is 4.72 Å². The number of benzene rings is 2. The summed E-state index contributed by atoms with van der Waals surface area (Å²) in [4.78, 5) is 15.7. The van der Waals surface area contributed by atoms with E-state index in [9.17, 15) is 13.2 Å². The molecule has 3 aromatic rings. The molecule has 0 radical (unpaired) electrons. The van der Waals surface area contributed by atoms with Crippen LogP contribution < -0.4 is 9.62 Å². The van der Waals surface area contributed by atoms with Gasteiger partial charge in [-0.1, -0.05) is 24.6 Å². The lowest BCUT2D eigenvalue weighted by Crippen LogP contribution is -2.30. The van der Waals surface area contributed by atoms with Gasteiger partial charge in [0.25, 0.3) is 5.91 Å². The Morgan fingerprint density at radius 1 is 1.00 bits per heavy atom. The summed E-state index contributed by atoms with van der Waals surface area (Å²) < 4.78 is 28.6. The van der Waals surface area contributed by atoms with E-state index in [0.717, 1.165) is 60.3 Å². The molecule has 1 N–H and O–H groups in total. The minimum Gasteiger partial charge on any atom is -0.306 e. The number of hydrogen-bond acceptors (Lipinski definition) is 4. The number of amides is 1. The molecular weight excluding hydrogens is 424 g/mol. The van der Waals surface area contributed by atoms with Crippen molar-refractivity contribution in [3.8, 4) is 5.69 Å². The molecule has 7 nitrogen and oxygen atoms in total. The van der Waals surface area contributed by atoms with Crippen molar-refractivity contribution in [3.63, 3.8) is 0 Å². The van der Waals surface area contributed by atoms with Gasteiger partial charge in [0, 0.05) is 23.5 Å². The summed E-state index contributed by atoms with van der Waals surface area (Å²) in [5, 5.41) is 4.81. The van der Waals surface area contributed by atoms with Crippen LogP contribution >= 0.6 is 0 Å². The fourth-order valence-corrected chi connectivity index (χ4v) is 5.51. The first kappa shape index (κ1) is 20.9. The molecule has 1 aliphatic carbocycles. The van der Waals surface area contributed by atoms with E-state index in [1.165, 1.54) is 7.05 Å². The predicted molar refractivity (Wildman–Crippen MR) is 123 cm³/mol. The maximum atomic E-state index is 13.7. The lowest BCUT2D eigenvalue weighted by Gasteiger charge is -2.17. The third-order valence-electron chi connectivity index (χ3n) is 6.40. The molecule has 2 aliphatic rings. The predicted octanol–water partition coefficient (Wildman–Crippen LogP) is 3.25. The number of hydrogen-bond donors (Lipinski definition) is 1.